The Kier molecular flexibility index (Phi) is 4.66. The molecule has 1 aromatic rings. The summed E-state index contributed by atoms with van der Waals surface area (Å²) in [5, 5.41) is 9.23. The molecular formula is C16H25BN3O3+. The lowest BCUT2D eigenvalue weighted by molar-refractivity contribution is -0.521. The molecule has 0 aliphatic carbocycles. The largest absolute Gasteiger partial charge is 0.494 e. The van der Waals surface area contributed by atoms with Crippen LogP contribution < -0.4 is 15.7 Å². The molecule has 0 unspecified atom stereocenters. The molecule has 0 radical (unpaired) electrons. The Labute approximate surface area is 137 Å². The lowest BCUT2D eigenvalue weighted by atomic mass is 9.79. The molecule has 23 heavy (non-hydrogen) atoms. The van der Waals surface area contributed by atoms with Crippen molar-refractivity contribution in [1.29, 1.82) is 5.41 Å². The predicted molar refractivity (Wildman–Crippen MR) is 91.3 cm³/mol. The first-order valence-corrected chi connectivity index (χ1v) is 7.73. The maximum absolute atomic E-state index is 11.9. The molecule has 6 nitrogen and oxygen atoms in total. The molecule has 2 amide bonds. The second-order valence-corrected chi connectivity index (χ2v) is 6.73. The summed E-state index contributed by atoms with van der Waals surface area (Å²) in [5.74, 6) is 0.177. The van der Waals surface area contributed by atoms with Gasteiger partial charge in [-0.1, -0.05) is 12.1 Å². The molecule has 7 heteroatoms. The van der Waals surface area contributed by atoms with Gasteiger partial charge in [-0.15, -0.1) is 0 Å². The Hall–Kier alpha value is -1.70. The van der Waals surface area contributed by atoms with E-state index < -0.39 is 7.12 Å². The van der Waals surface area contributed by atoms with Crippen molar-refractivity contribution in [2.24, 2.45) is 0 Å². The number of anilines is 1. The average Bonchev–Trinajstić information content (AvgIpc) is 2.67. The maximum atomic E-state index is 11.9. The van der Waals surface area contributed by atoms with Gasteiger partial charge in [0.05, 0.1) is 23.9 Å². The van der Waals surface area contributed by atoms with Crippen LogP contribution in [0.5, 0.6) is 0 Å². The molecule has 3 N–H and O–H groups in total. The molecule has 1 heterocycles. The number of nitrogens with zero attached hydrogens (tertiary/aromatic N) is 1. The fraction of sp³-hybridized carbons (Fsp3) is 0.500. The fourth-order valence-corrected chi connectivity index (χ4v) is 2.37. The minimum atomic E-state index is -0.433. The number of primary amides is 1. The van der Waals surface area contributed by atoms with Crippen molar-refractivity contribution >= 4 is 30.1 Å². The molecule has 0 spiro atoms. The van der Waals surface area contributed by atoms with Gasteiger partial charge in [0.15, 0.2) is 0 Å². The van der Waals surface area contributed by atoms with Gasteiger partial charge in [-0.25, -0.2) is 9.69 Å². The number of amidine groups is 1. The third-order valence-electron chi connectivity index (χ3n) is 4.48. The van der Waals surface area contributed by atoms with Crippen molar-refractivity contribution in [1.82, 2.24) is 0 Å². The molecule has 1 saturated heterocycles. The highest BCUT2D eigenvalue weighted by molar-refractivity contribution is 6.62. The van der Waals surface area contributed by atoms with Gasteiger partial charge in [0.25, 0.3) is 0 Å². The smallest absolute Gasteiger partial charge is 0.399 e. The number of hydrogen-bond acceptors (Lipinski definition) is 4. The lowest BCUT2D eigenvalue weighted by Crippen LogP contribution is -2.87. The molecule has 1 aromatic carbocycles. The second-order valence-electron chi connectivity index (χ2n) is 6.73. The molecule has 0 atom stereocenters. The number of nitrogens with two attached hydrogens (primary N) is 1. The first-order chi connectivity index (χ1) is 10.6. The number of carbonyl (C=O) groups is 1. The third-order valence-corrected chi connectivity index (χ3v) is 4.48. The minimum Gasteiger partial charge on any atom is -0.399 e. The van der Waals surface area contributed by atoms with E-state index in [4.69, 9.17) is 14.7 Å². The lowest BCUT2D eigenvalue weighted by Gasteiger charge is -2.32. The predicted octanol–water partition coefficient (Wildman–Crippen LogP) is 1.10. The summed E-state index contributed by atoms with van der Waals surface area (Å²) in [6.45, 7) is 9.63. The van der Waals surface area contributed by atoms with E-state index in [9.17, 15) is 4.79 Å². The number of benzene rings is 1. The molecule has 2 rings (SSSR count). The Morgan fingerprint density at radius 3 is 2.00 bits per heavy atom. The van der Waals surface area contributed by atoms with Gasteiger partial charge in [0.2, 0.25) is 0 Å². The van der Waals surface area contributed by atoms with Gasteiger partial charge >= 0.3 is 13.1 Å². The summed E-state index contributed by atoms with van der Waals surface area (Å²) in [6.07, 6.45) is 0. The van der Waals surface area contributed by atoms with Crippen molar-refractivity contribution in [3.05, 3.63) is 24.3 Å². The summed E-state index contributed by atoms with van der Waals surface area (Å²) < 4.78 is 12.0. The number of amides is 2. The highest BCUT2D eigenvalue weighted by atomic mass is 16.7. The van der Waals surface area contributed by atoms with Crippen LogP contribution in [0.2, 0.25) is 0 Å². The topological polar surface area (TPSA) is 79.2 Å². The number of urea groups is 1. The van der Waals surface area contributed by atoms with E-state index in [0.29, 0.717) is 5.69 Å². The maximum Gasteiger partial charge on any atom is 0.494 e. The molecule has 124 valence electrons. The molecule has 1 fully saturated rings. The second kappa shape index (κ2) is 6.07. The van der Waals surface area contributed by atoms with Crippen LogP contribution in [-0.2, 0) is 9.31 Å². The SMILES string of the molecule is C[NH2+]C(=O)N(C(C)=N)c1ccc(B2OC(C)(C)C(C)(C)O2)cc1. The van der Waals surface area contributed by atoms with Gasteiger partial charge in [-0.2, -0.15) is 0 Å². The number of nitrogens with one attached hydrogen (secondary N) is 1. The number of carbonyl (C=O) groups excluding carboxylic acids is 1. The van der Waals surface area contributed by atoms with E-state index in [2.05, 4.69) is 0 Å². The van der Waals surface area contributed by atoms with Crippen LogP contribution in [-0.4, -0.2) is 37.2 Å². The standard InChI is InChI=1S/C16H24BN3O3/c1-11(18)20(14(21)19-6)13-9-7-12(8-10-13)17-22-15(2,3)16(4,5)23-17/h7-10,18H,1-6H3,(H,19,21)/p+1. The Morgan fingerprint density at radius 1 is 1.13 bits per heavy atom. The molecular weight excluding hydrogens is 293 g/mol. The van der Waals surface area contributed by atoms with Crippen molar-refractivity contribution in [3.8, 4) is 0 Å². The van der Waals surface area contributed by atoms with Crippen LogP contribution in [0.25, 0.3) is 0 Å². The zero-order valence-corrected chi connectivity index (χ0v) is 14.6. The minimum absolute atomic E-state index is 0.177. The van der Waals surface area contributed by atoms with Crippen molar-refractivity contribution in [2.75, 3.05) is 11.9 Å². The normalized spacial score (nSPS) is 18.8. The van der Waals surface area contributed by atoms with Gasteiger partial charge in [0.1, 0.15) is 5.84 Å². The fourth-order valence-electron chi connectivity index (χ4n) is 2.37. The van der Waals surface area contributed by atoms with E-state index >= 15 is 0 Å². The van der Waals surface area contributed by atoms with Crippen LogP contribution in [0, 0.1) is 5.41 Å². The number of quaternary nitrogens is 1. The van der Waals surface area contributed by atoms with E-state index in [1.54, 1.807) is 26.1 Å². The van der Waals surface area contributed by atoms with Gasteiger partial charge < -0.3 is 9.31 Å². The van der Waals surface area contributed by atoms with Crippen molar-refractivity contribution < 1.29 is 19.4 Å². The first-order valence-electron chi connectivity index (χ1n) is 7.73. The van der Waals surface area contributed by atoms with Gasteiger partial charge in [-0.3, -0.25) is 10.7 Å². The summed E-state index contributed by atoms with van der Waals surface area (Å²) in [7, 11) is 1.23. The third kappa shape index (κ3) is 3.31. The molecule has 0 aromatic heterocycles. The Morgan fingerprint density at radius 2 is 1.61 bits per heavy atom. The van der Waals surface area contributed by atoms with Crippen molar-refractivity contribution in [2.45, 2.75) is 45.8 Å². The zero-order chi connectivity index (χ0) is 17.4. The number of hydrogen-bond donors (Lipinski definition) is 2. The monoisotopic (exact) mass is 318 g/mol. The molecule has 0 saturated carbocycles. The Bertz CT molecular complexity index is 598. The van der Waals surface area contributed by atoms with Crippen molar-refractivity contribution in [3.63, 3.8) is 0 Å². The highest BCUT2D eigenvalue weighted by Crippen LogP contribution is 2.36. The van der Waals surface area contributed by atoms with E-state index in [0.717, 1.165) is 5.46 Å². The molecule has 1 aliphatic heterocycles. The van der Waals surface area contributed by atoms with Gasteiger partial charge in [-0.05, 0) is 52.2 Å². The zero-order valence-electron chi connectivity index (χ0n) is 14.6. The Balaban J connectivity index is 2.24. The summed E-state index contributed by atoms with van der Waals surface area (Å²) >= 11 is 0. The van der Waals surface area contributed by atoms with Crippen LogP contribution in [0.1, 0.15) is 34.6 Å². The van der Waals surface area contributed by atoms with Crippen LogP contribution in [0.15, 0.2) is 24.3 Å². The van der Waals surface area contributed by atoms with Gasteiger partial charge in [0, 0.05) is 0 Å². The summed E-state index contributed by atoms with van der Waals surface area (Å²) in [5.41, 5.74) is 0.769. The van der Waals surface area contributed by atoms with Crippen LogP contribution in [0.3, 0.4) is 0 Å². The first kappa shape index (κ1) is 17.7. The van der Waals surface area contributed by atoms with E-state index in [1.807, 2.05) is 39.8 Å². The average molecular weight is 318 g/mol. The highest BCUT2D eigenvalue weighted by Gasteiger charge is 2.51. The summed E-state index contributed by atoms with van der Waals surface area (Å²) in [4.78, 5) is 13.3. The van der Waals surface area contributed by atoms with E-state index in [1.165, 1.54) is 10.2 Å². The summed E-state index contributed by atoms with van der Waals surface area (Å²) in [6, 6.07) is 7.13. The quantitative estimate of drug-likeness (QED) is 0.487. The molecule has 0 bridgehead atoms. The van der Waals surface area contributed by atoms with Crippen LogP contribution in [0.4, 0.5) is 10.5 Å². The molecule has 1 aliphatic rings. The van der Waals surface area contributed by atoms with Crippen LogP contribution >= 0.6 is 0 Å². The number of rotatable bonds is 2. The van der Waals surface area contributed by atoms with E-state index in [-0.39, 0.29) is 23.1 Å².